The molecule has 0 saturated heterocycles. The van der Waals surface area contributed by atoms with Gasteiger partial charge in [0.25, 0.3) is 0 Å². The Balaban J connectivity index is 2.34. The number of carbonyl (C=O) groups is 1. The third kappa shape index (κ3) is 2.42. The molecule has 1 aromatic heterocycles. The van der Waals surface area contributed by atoms with Gasteiger partial charge in [0.2, 0.25) is 0 Å². The summed E-state index contributed by atoms with van der Waals surface area (Å²) in [6, 6.07) is 5.35. The molecule has 0 unspecified atom stereocenters. The van der Waals surface area contributed by atoms with E-state index in [2.05, 4.69) is 10.2 Å². The van der Waals surface area contributed by atoms with E-state index in [4.69, 9.17) is 11.6 Å². The standard InChI is InChI=1S/C10H7ClN2OS2/c1-6-12-13-10(15-6)16-9-4-2-3-8(11)7(9)5-14/h2-5H,1H3. The summed E-state index contributed by atoms with van der Waals surface area (Å²) in [4.78, 5) is 11.7. The summed E-state index contributed by atoms with van der Waals surface area (Å²) in [6.07, 6.45) is 0.762. The first kappa shape index (κ1) is 11.6. The highest BCUT2D eigenvalue weighted by molar-refractivity contribution is 8.01. The number of hydrogen-bond donors (Lipinski definition) is 0. The van der Waals surface area contributed by atoms with Crippen LogP contribution in [0.2, 0.25) is 5.02 Å². The van der Waals surface area contributed by atoms with E-state index in [1.54, 1.807) is 6.07 Å². The van der Waals surface area contributed by atoms with Gasteiger partial charge in [-0.05, 0) is 19.1 Å². The number of nitrogens with zero attached hydrogens (tertiary/aromatic N) is 2. The average molecular weight is 271 g/mol. The molecular weight excluding hydrogens is 264 g/mol. The lowest BCUT2D eigenvalue weighted by atomic mass is 10.2. The van der Waals surface area contributed by atoms with Gasteiger partial charge in [-0.15, -0.1) is 10.2 Å². The van der Waals surface area contributed by atoms with Gasteiger partial charge < -0.3 is 0 Å². The highest BCUT2D eigenvalue weighted by atomic mass is 35.5. The second-order valence-corrected chi connectivity index (χ2v) is 5.84. The van der Waals surface area contributed by atoms with Crippen molar-refractivity contribution in [1.82, 2.24) is 10.2 Å². The molecule has 0 bridgehead atoms. The number of halogens is 1. The molecule has 0 amide bonds. The van der Waals surface area contributed by atoms with Gasteiger partial charge in [0.15, 0.2) is 10.6 Å². The molecule has 82 valence electrons. The van der Waals surface area contributed by atoms with E-state index in [0.29, 0.717) is 10.6 Å². The van der Waals surface area contributed by atoms with E-state index in [1.807, 2.05) is 19.1 Å². The Morgan fingerprint density at radius 1 is 1.44 bits per heavy atom. The lowest BCUT2D eigenvalue weighted by molar-refractivity contribution is 0.112. The molecule has 0 saturated carbocycles. The summed E-state index contributed by atoms with van der Waals surface area (Å²) >= 11 is 8.82. The minimum absolute atomic E-state index is 0.459. The Morgan fingerprint density at radius 3 is 2.88 bits per heavy atom. The van der Waals surface area contributed by atoms with Crippen molar-refractivity contribution in [3.05, 3.63) is 33.8 Å². The number of carbonyl (C=O) groups excluding carboxylic acids is 1. The Kier molecular flexibility index (Phi) is 3.58. The van der Waals surface area contributed by atoms with Crippen LogP contribution in [0.25, 0.3) is 0 Å². The summed E-state index contributed by atoms with van der Waals surface area (Å²) in [5, 5.41) is 9.27. The molecule has 0 atom stereocenters. The molecule has 0 fully saturated rings. The molecule has 0 spiro atoms. The second kappa shape index (κ2) is 4.95. The van der Waals surface area contributed by atoms with Crippen LogP contribution in [0.4, 0.5) is 0 Å². The van der Waals surface area contributed by atoms with Gasteiger partial charge >= 0.3 is 0 Å². The average Bonchev–Trinajstić information content (AvgIpc) is 2.64. The van der Waals surface area contributed by atoms with E-state index in [9.17, 15) is 4.79 Å². The normalized spacial score (nSPS) is 10.4. The Labute approximate surface area is 106 Å². The van der Waals surface area contributed by atoms with Crippen molar-refractivity contribution < 1.29 is 4.79 Å². The molecule has 6 heteroatoms. The first-order chi connectivity index (χ1) is 7.70. The largest absolute Gasteiger partial charge is 0.298 e. The third-order valence-corrected chi connectivity index (χ3v) is 4.13. The van der Waals surface area contributed by atoms with E-state index < -0.39 is 0 Å². The van der Waals surface area contributed by atoms with Gasteiger partial charge in [-0.25, -0.2) is 0 Å². The fraction of sp³-hybridized carbons (Fsp3) is 0.100. The van der Waals surface area contributed by atoms with E-state index >= 15 is 0 Å². The van der Waals surface area contributed by atoms with Gasteiger partial charge in [-0.2, -0.15) is 0 Å². The zero-order valence-electron chi connectivity index (χ0n) is 8.31. The van der Waals surface area contributed by atoms with Gasteiger partial charge in [0, 0.05) is 10.5 Å². The van der Waals surface area contributed by atoms with Crippen molar-refractivity contribution in [2.45, 2.75) is 16.2 Å². The summed E-state index contributed by atoms with van der Waals surface area (Å²) in [5.41, 5.74) is 0.502. The van der Waals surface area contributed by atoms with Crippen molar-refractivity contribution in [1.29, 1.82) is 0 Å². The minimum Gasteiger partial charge on any atom is -0.298 e. The SMILES string of the molecule is Cc1nnc(Sc2cccc(Cl)c2C=O)s1. The number of benzene rings is 1. The maximum absolute atomic E-state index is 10.9. The van der Waals surface area contributed by atoms with Crippen molar-refractivity contribution in [3.8, 4) is 0 Å². The van der Waals surface area contributed by atoms with Crippen LogP contribution in [-0.4, -0.2) is 16.5 Å². The highest BCUT2D eigenvalue weighted by Crippen LogP contribution is 2.34. The highest BCUT2D eigenvalue weighted by Gasteiger charge is 2.09. The summed E-state index contributed by atoms with van der Waals surface area (Å²) in [5.74, 6) is 0. The predicted molar refractivity (Wildman–Crippen MR) is 65.6 cm³/mol. The number of rotatable bonds is 3. The molecule has 16 heavy (non-hydrogen) atoms. The maximum Gasteiger partial charge on any atom is 0.179 e. The monoisotopic (exact) mass is 270 g/mol. The first-order valence-electron chi connectivity index (χ1n) is 4.42. The topological polar surface area (TPSA) is 42.9 Å². The Morgan fingerprint density at radius 2 is 2.25 bits per heavy atom. The van der Waals surface area contributed by atoms with Crippen molar-refractivity contribution in [3.63, 3.8) is 0 Å². The molecule has 0 aliphatic heterocycles. The third-order valence-electron chi connectivity index (χ3n) is 1.84. The van der Waals surface area contributed by atoms with Crippen LogP contribution in [-0.2, 0) is 0 Å². The fourth-order valence-electron chi connectivity index (χ4n) is 1.13. The summed E-state index contributed by atoms with van der Waals surface area (Å²) in [7, 11) is 0. The Hall–Kier alpha value is -0.910. The zero-order valence-corrected chi connectivity index (χ0v) is 10.7. The van der Waals surface area contributed by atoms with E-state index in [1.165, 1.54) is 23.1 Å². The zero-order chi connectivity index (χ0) is 11.5. The smallest absolute Gasteiger partial charge is 0.179 e. The number of aromatic nitrogens is 2. The number of aryl methyl sites for hydroxylation is 1. The molecule has 1 aromatic carbocycles. The minimum atomic E-state index is 0.459. The molecule has 0 aliphatic carbocycles. The van der Waals surface area contributed by atoms with Crippen LogP contribution in [0.15, 0.2) is 27.4 Å². The van der Waals surface area contributed by atoms with Crippen LogP contribution in [0.3, 0.4) is 0 Å². The van der Waals surface area contributed by atoms with E-state index in [0.717, 1.165) is 20.5 Å². The number of aldehydes is 1. The Bertz CT molecular complexity index is 527. The maximum atomic E-state index is 10.9. The van der Waals surface area contributed by atoms with Crippen LogP contribution in [0.1, 0.15) is 15.4 Å². The molecule has 2 rings (SSSR count). The van der Waals surface area contributed by atoms with Gasteiger partial charge in [0.1, 0.15) is 5.01 Å². The molecular formula is C10H7ClN2OS2. The lowest BCUT2D eigenvalue weighted by Gasteiger charge is -2.02. The summed E-state index contributed by atoms with van der Waals surface area (Å²) < 4.78 is 0.808. The van der Waals surface area contributed by atoms with E-state index in [-0.39, 0.29) is 0 Å². The summed E-state index contributed by atoms with van der Waals surface area (Å²) in [6.45, 7) is 1.89. The lowest BCUT2D eigenvalue weighted by Crippen LogP contribution is -1.86. The van der Waals surface area contributed by atoms with Gasteiger partial charge in [-0.1, -0.05) is 40.8 Å². The number of hydrogen-bond acceptors (Lipinski definition) is 5. The van der Waals surface area contributed by atoms with Gasteiger partial charge in [-0.3, -0.25) is 4.79 Å². The molecule has 3 nitrogen and oxygen atoms in total. The van der Waals surface area contributed by atoms with Gasteiger partial charge in [0.05, 0.1) is 5.02 Å². The molecule has 1 heterocycles. The molecule has 2 aromatic rings. The first-order valence-corrected chi connectivity index (χ1v) is 6.43. The van der Waals surface area contributed by atoms with Crippen molar-refractivity contribution in [2.75, 3.05) is 0 Å². The van der Waals surface area contributed by atoms with Crippen LogP contribution in [0, 0.1) is 6.92 Å². The predicted octanol–water partition coefficient (Wildman–Crippen LogP) is 3.46. The van der Waals surface area contributed by atoms with Crippen molar-refractivity contribution >= 4 is 41.0 Å². The fourth-order valence-corrected chi connectivity index (χ4v) is 3.31. The molecule has 0 radical (unpaired) electrons. The van der Waals surface area contributed by atoms with Crippen LogP contribution >= 0.6 is 34.7 Å². The molecule has 0 N–H and O–H groups in total. The second-order valence-electron chi connectivity index (χ2n) is 2.96. The van der Waals surface area contributed by atoms with Crippen molar-refractivity contribution in [2.24, 2.45) is 0 Å². The van der Waals surface area contributed by atoms with Crippen LogP contribution < -0.4 is 0 Å². The van der Waals surface area contributed by atoms with Crippen LogP contribution in [0.5, 0.6) is 0 Å². The quantitative estimate of drug-likeness (QED) is 0.801. The molecule has 0 aliphatic rings.